The highest BCUT2D eigenvalue weighted by atomic mass is 32.2. The molecule has 0 fully saturated rings. The molecule has 2 amide bonds. The molecule has 1 aliphatic heterocycles. The highest BCUT2D eigenvalue weighted by molar-refractivity contribution is 7.91. The normalized spacial score (nSPS) is 14.8. The molecule has 0 spiro atoms. The Kier molecular flexibility index (Phi) is 3.80. The number of hydrogen-bond donors (Lipinski definition) is 1. The first-order chi connectivity index (χ1) is 9.35. The largest absolute Gasteiger partial charge is 0.399 e. The minimum atomic E-state index is -3.09. The zero-order chi connectivity index (χ0) is 14.9. The molecule has 1 aromatic rings. The SMILES string of the molecule is CCS(=O)(=O)CCCN1C(=O)c2ccc(N)cc2C1=O. The molecule has 0 atom stereocenters. The molecule has 2 rings (SSSR count). The highest BCUT2D eigenvalue weighted by Gasteiger charge is 2.35. The number of rotatable bonds is 5. The molecule has 0 unspecified atom stereocenters. The molecule has 20 heavy (non-hydrogen) atoms. The molecule has 0 aliphatic carbocycles. The summed E-state index contributed by atoms with van der Waals surface area (Å²) in [5.74, 6) is -0.768. The Morgan fingerprint density at radius 3 is 2.45 bits per heavy atom. The molecule has 1 aliphatic rings. The molecule has 0 saturated carbocycles. The Morgan fingerprint density at radius 2 is 1.80 bits per heavy atom. The topological polar surface area (TPSA) is 97.5 Å². The van der Waals surface area contributed by atoms with Crippen LogP contribution in [0.5, 0.6) is 0 Å². The van der Waals surface area contributed by atoms with Crippen molar-refractivity contribution in [3.63, 3.8) is 0 Å². The summed E-state index contributed by atoms with van der Waals surface area (Å²) < 4.78 is 22.8. The summed E-state index contributed by atoms with van der Waals surface area (Å²) in [5.41, 5.74) is 6.62. The molecule has 7 heteroatoms. The lowest BCUT2D eigenvalue weighted by molar-refractivity contribution is 0.0654. The number of nitrogen functional groups attached to an aromatic ring is 1. The van der Waals surface area contributed by atoms with Crippen molar-refractivity contribution in [2.45, 2.75) is 13.3 Å². The van der Waals surface area contributed by atoms with Crippen molar-refractivity contribution in [2.24, 2.45) is 0 Å². The van der Waals surface area contributed by atoms with E-state index in [-0.39, 0.29) is 35.9 Å². The lowest BCUT2D eigenvalue weighted by atomic mass is 10.1. The van der Waals surface area contributed by atoms with E-state index in [1.807, 2.05) is 0 Å². The van der Waals surface area contributed by atoms with Crippen molar-refractivity contribution in [3.8, 4) is 0 Å². The van der Waals surface area contributed by atoms with E-state index < -0.39 is 15.7 Å². The van der Waals surface area contributed by atoms with Crippen molar-refractivity contribution < 1.29 is 18.0 Å². The maximum absolute atomic E-state index is 12.1. The van der Waals surface area contributed by atoms with Crippen LogP contribution in [0.1, 0.15) is 34.1 Å². The number of sulfone groups is 1. The van der Waals surface area contributed by atoms with E-state index in [0.717, 1.165) is 4.90 Å². The van der Waals surface area contributed by atoms with E-state index in [4.69, 9.17) is 5.73 Å². The minimum absolute atomic E-state index is 0.0287. The van der Waals surface area contributed by atoms with Gasteiger partial charge in [0.05, 0.1) is 16.9 Å². The van der Waals surface area contributed by atoms with Gasteiger partial charge >= 0.3 is 0 Å². The number of anilines is 1. The second-order valence-electron chi connectivity index (χ2n) is 4.66. The summed E-state index contributed by atoms with van der Waals surface area (Å²) in [4.78, 5) is 25.2. The van der Waals surface area contributed by atoms with Crippen molar-refractivity contribution in [1.29, 1.82) is 0 Å². The quantitative estimate of drug-likeness (QED) is 0.637. The van der Waals surface area contributed by atoms with E-state index >= 15 is 0 Å². The molecule has 1 heterocycles. The fourth-order valence-corrected chi connectivity index (χ4v) is 2.96. The van der Waals surface area contributed by atoms with Crippen molar-refractivity contribution in [2.75, 3.05) is 23.8 Å². The van der Waals surface area contributed by atoms with Crippen LogP contribution in [0.2, 0.25) is 0 Å². The van der Waals surface area contributed by atoms with Crippen LogP contribution >= 0.6 is 0 Å². The first-order valence-electron chi connectivity index (χ1n) is 6.32. The summed E-state index contributed by atoms with van der Waals surface area (Å²) in [7, 11) is -3.09. The van der Waals surface area contributed by atoms with Gasteiger partial charge in [-0.3, -0.25) is 14.5 Å². The van der Waals surface area contributed by atoms with Gasteiger partial charge in [0.2, 0.25) is 0 Å². The fourth-order valence-electron chi connectivity index (χ4n) is 2.10. The summed E-state index contributed by atoms with van der Waals surface area (Å²) >= 11 is 0. The third-order valence-electron chi connectivity index (χ3n) is 3.27. The number of carbonyl (C=O) groups is 2. The zero-order valence-corrected chi connectivity index (χ0v) is 11.9. The van der Waals surface area contributed by atoms with Crippen molar-refractivity contribution in [1.82, 2.24) is 4.90 Å². The molecular formula is C13H16N2O4S. The molecule has 6 nitrogen and oxygen atoms in total. The minimum Gasteiger partial charge on any atom is -0.399 e. The number of fused-ring (bicyclic) bond motifs is 1. The average Bonchev–Trinajstić information content (AvgIpc) is 2.63. The van der Waals surface area contributed by atoms with E-state index in [1.54, 1.807) is 13.0 Å². The molecule has 0 aromatic heterocycles. The van der Waals surface area contributed by atoms with Gasteiger partial charge in [-0.05, 0) is 24.6 Å². The Bertz CT molecular complexity index is 667. The second kappa shape index (κ2) is 5.24. The molecule has 108 valence electrons. The van der Waals surface area contributed by atoms with E-state index in [9.17, 15) is 18.0 Å². The first-order valence-corrected chi connectivity index (χ1v) is 8.14. The Morgan fingerprint density at radius 1 is 1.15 bits per heavy atom. The van der Waals surface area contributed by atoms with Crippen LogP contribution in [-0.2, 0) is 9.84 Å². The first kappa shape index (κ1) is 14.5. The monoisotopic (exact) mass is 296 g/mol. The fraction of sp³-hybridized carbons (Fsp3) is 0.385. The molecule has 0 radical (unpaired) electrons. The zero-order valence-electron chi connectivity index (χ0n) is 11.1. The van der Waals surface area contributed by atoms with Gasteiger partial charge in [-0.2, -0.15) is 0 Å². The third-order valence-corrected chi connectivity index (χ3v) is 5.06. The Labute approximate surface area is 117 Å². The van der Waals surface area contributed by atoms with E-state index in [2.05, 4.69) is 0 Å². The smallest absolute Gasteiger partial charge is 0.261 e. The third kappa shape index (κ3) is 2.67. The van der Waals surface area contributed by atoms with Gasteiger partial charge in [0.25, 0.3) is 11.8 Å². The van der Waals surface area contributed by atoms with Gasteiger partial charge in [0.1, 0.15) is 9.84 Å². The van der Waals surface area contributed by atoms with Gasteiger partial charge in [0, 0.05) is 18.0 Å². The van der Waals surface area contributed by atoms with Gasteiger partial charge in [-0.15, -0.1) is 0 Å². The molecular weight excluding hydrogens is 280 g/mol. The van der Waals surface area contributed by atoms with Gasteiger partial charge in [-0.1, -0.05) is 6.92 Å². The predicted molar refractivity (Wildman–Crippen MR) is 75.2 cm³/mol. The van der Waals surface area contributed by atoms with E-state index in [0.29, 0.717) is 11.3 Å². The van der Waals surface area contributed by atoms with Crippen LogP contribution < -0.4 is 5.73 Å². The maximum atomic E-state index is 12.1. The number of hydrogen-bond acceptors (Lipinski definition) is 5. The molecule has 1 aromatic carbocycles. The molecule has 2 N–H and O–H groups in total. The highest BCUT2D eigenvalue weighted by Crippen LogP contribution is 2.24. The van der Waals surface area contributed by atoms with Gasteiger partial charge in [0.15, 0.2) is 0 Å². The molecule has 0 bridgehead atoms. The standard InChI is InChI=1S/C13H16N2O4S/c1-2-20(18,19)7-3-6-15-12(16)10-5-4-9(14)8-11(10)13(15)17/h4-5,8H,2-3,6-7,14H2,1H3. The van der Waals surface area contributed by atoms with Crippen molar-refractivity contribution >= 4 is 27.3 Å². The summed E-state index contributed by atoms with van der Waals surface area (Å²) in [6, 6.07) is 4.56. The lowest BCUT2D eigenvalue weighted by Gasteiger charge is -2.13. The predicted octanol–water partition coefficient (Wildman–Crippen LogP) is 0.690. The summed E-state index contributed by atoms with van der Waals surface area (Å²) in [6.07, 6.45) is 0.247. The number of imide groups is 1. The van der Waals surface area contributed by atoms with Crippen LogP contribution in [0.3, 0.4) is 0 Å². The van der Waals surface area contributed by atoms with Crippen LogP contribution in [-0.4, -0.2) is 43.2 Å². The summed E-state index contributed by atoms with van der Waals surface area (Å²) in [6.45, 7) is 1.67. The number of benzene rings is 1. The number of nitrogens with zero attached hydrogens (tertiary/aromatic N) is 1. The number of nitrogens with two attached hydrogens (primary N) is 1. The van der Waals surface area contributed by atoms with E-state index in [1.165, 1.54) is 12.1 Å². The van der Waals surface area contributed by atoms with Gasteiger partial charge < -0.3 is 5.73 Å². The van der Waals surface area contributed by atoms with Gasteiger partial charge in [-0.25, -0.2) is 8.42 Å². The van der Waals surface area contributed by atoms with Crippen LogP contribution in [0, 0.1) is 0 Å². The van der Waals surface area contributed by atoms with Crippen LogP contribution in [0.15, 0.2) is 18.2 Å². The second-order valence-corrected chi connectivity index (χ2v) is 7.13. The summed E-state index contributed by atoms with van der Waals surface area (Å²) in [5, 5.41) is 0. The number of carbonyl (C=O) groups excluding carboxylic acids is 2. The molecule has 0 saturated heterocycles. The Balaban J connectivity index is 2.09. The van der Waals surface area contributed by atoms with Crippen LogP contribution in [0.25, 0.3) is 0 Å². The Hall–Kier alpha value is -1.89. The number of amides is 2. The van der Waals surface area contributed by atoms with Crippen LogP contribution in [0.4, 0.5) is 5.69 Å². The lowest BCUT2D eigenvalue weighted by Crippen LogP contribution is -2.31. The average molecular weight is 296 g/mol. The maximum Gasteiger partial charge on any atom is 0.261 e. The van der Waals surface area contributed by atoms with Crippen molar-refractivity contribution in [3.05, 3.63) is 29.3 Å².